The fourth-order valence-corrected chi connectivity index (χ4v) is 5.43. The summed E-state index contributed by atoms with van der Waals surface area (Å²) in [5, 5.41) is 0.588. The lowest BCUT2D eigenvalue weighted by Crippen LogP contribution is -2.44. The fraction of sp³-hybridized carbons (Fsp3) is 0.292. The Bertz CT molecular complexity index is 1240. The first kappa shape index (κ1) is 18.8. The number of pyridine rings is 2. The summed E-state index contributed by atoms with van der Waals surface area (Å²) in [5.74, 6) is 2.09. The molecule has 1 spiro atoms. The number of ether oxygens (including phenoxy) is 2. The van der Waals surface area contributed by atoms with Crippen molar-refractivity contribution in [1.29, 1.82) is 0 Å². The van der Waals surface area contributed by atoms with Crippen molar-refractivity contribution in [1.82, 2.24) is 9.97 Å². The van der Waals surface area contributed by atoms with Crippen molar-refractivity contribution in [2.24, 2.45) is 10.7 Å². The number of amidine groups is 1. The molecule has 0 saturated carbocycles. The van der Waals surface area contributed by atoms with Gasteiger partial charge in [0, 0.05) is 51.5 Å². The number of aromatic nitrogens is 2. The van der Waals surface area contributed by atoms with Crippen molar-refractivity contribution >= 4 is 16.9 Å². The molecule has 31 heavy (non-hydrogen) atoms. The minimum absolute atomic E-state index is 0.0190. The summed E-state index contributed by atoms with van der Waals surface area (Å²) < 4.78 is 11.8. The van der Waals surface area contributed by atoms with E-state index in [1.54, 1.807) is 11.8 Å². The van der Waals surface area contributed by atoms with Crippen LogP contribution in [0.25, 0.3) is 11.1 Å². The van der Waals surface area contributed by atoms with Gasteiger partial charge in [0.15, 0.2) is 5.17 Å². The molecule has 1 aromatic carbocycles. The van der Waals surface area contributed by atoms with Crippen molar-refractivity contribution in [3.8, 4) is 22.8 Å². The van der Waals surface area contributed by atoms with Gasteiger partial charge in [0.1, 0.15) is 11.3 Å². The molecule has 3 aliphatic heterocycles. The Labute approximate surface area is 184 Å². The summed E-state index contributed by atoms with van der Waals surface area (Å²) in [4.78, 5) is 14.1. The normalized spacial score (nSPS) is 22.8. The molecule has 3 aromatic rings. The van der Waals surface area contributed by atoms with E-state index in [0.29, 0.717) is 11.0 Å². The molecule has 0 unspecified atom stereocenters. The van der Waals surface area contributed by atoms with E-state index in [9.17, 15) is 0 Å². The molecule has 6 rings (SSSR count). The van der Waals surface area contributed by atoms with Crippen LogP contribution in [0, 0.1) is 6.92 Å². The van der Waals surface area contributed by atoms with E-state index < -0.39 is 5.54 Å². The number of nitrogens with zero attached hydrogens (tertiary/aromatic N) is 3. The summed E-state index contributed by atoms with van der Waals surface area (Å²) in [6, 6.07) is 12.6. The Morgan fingerprint density at radius 1 is 1.00 bits per heavy atom. The van der Waals surface area contributed by atoms with Crippen molar-refractivity contribution in [2.45, 2.75) is 24.8 Å². The average Bonchev–Trinajstić information content (AvgIpc) is 3.15. The molecule has 1 saturated heterocycles. The topological polar surface area (TPSA) is 82.6 Å². The van der Waals surface area contributed by atoms with E-state index >= 15 is 0 Å². The number of thioether (sulfide) groups is 1. The third kappa shape index (κ3) is 2.80. The SMILES string of the molecule is Cc1ccc(-c2cnc3c(c2)[C@]2(CSC(N)=N2)c2cc(C4(C)COC4)ccc2O3)cn1. The molecule has 0 radical (unpaired) electrons. The number of aryl methyl sites for hydroxylation is 1. The van der Waals surface area contributed by atoms with Gasteiger partial charge in [0.2, 0.25) is 5.88 Å². The first-order valence-electron chi connectivity index (χ1n) is 10.3. The van der Waals surface area contributed by atoms with Gasteiger partial charge in [-0.25, -0.2) is 9.98 Å². The lowest BCUT2D eigenvalue weighted by Gasteiger charge is -2.40. The summed E-state index contributed by atoms with van der Waals surface area (Å²) in [5.41, 5.74) is 11.8. The maximum absolute atomic E-state index is 6.25. The average molecular weight is 431 g/mol. The van der Waals surface area contributed by atoms with E-state index in [1.165, 1.54) is 5.56 Å². The number of fused-ring (bicyclic) bond motifs is 4. The van der Waals surface area contributed by atoms with Gasteiger partial charge in [-0.3, -0.25) is 4.98 Å². The fourth-order valence-electron chi connectivity index (χ4n) is 4.48. The van der Waals surface area contributed by atoms with Crippen LogP contribution in [0.4, 0.5) is 0 Å². The molecule has 0 aliphatic carbocycles. The first-order chi connectivity index (χ1) is 15.0. The Morgan fingerprint density at radius 3 is 2.52 bits per heavy atom. The number of hydrogen-bond donors (Lipinski definition) is 1. The van der Waals surface area contributed by atoms with E-state index in [0.717, 1.165) is 52.7 Å². The summed E-state index contributed by atoms with van der Waals surface area (Å²) >= 11 is 1.57. The highest BCUT2D eigenvalue weighted by atomic mass is 32.2. The van der Waals surface area contributed by atoms with Crippen LogP contribution in [0.2, 0.25) is 0 Å². The van der Waals surface area contributed by atoms with Gasteiger partial charge in [-0.1, -0.05) is 30.8 Å². The van der Waals surface area contributed by atoms with Crippen molar-refractivity contribution in [2.75, 3.05) is 19.0 Å². The zero-order valence-corrected chi connectivity index (χ0v) is 18.2. The molecule has 0 amide bonds. The minimum Gasteiger partial charge on any atom is -0.438 e. The van der Waals surface area contributed by atoms with E-state index in [4.69, 9.17) is 20.2 Å². The summed E-state index contributed by atoms with van der Waals surface area (Å²) in [7, 11) is 0. The second-order valence-electron chi connectivity index (χ2n) is 8.73. The lowest BCUT2D eigenvalue weighted by atomic mass is 9.76. The molecule has 2 aromatic heterocycles. The van der Waals surface area contributed by atoms with Crippen LogP contribution in [0.15, 0.2) is 53.8 Å². The molecule has 0 bridgehead atoms. The van der Waals surface area contributed by atoms with Gasteiger partial charge < -0.3 is 15.2 Å². The number of hydrogen-bond acceptors (Lipinski definition) is 7. The van der Waals surface area contributed by atoms with Gasteiger partial charge >= 0.3 is 0 Å². The quantitative estimate of drug-likeness (QED) is 0.658. The third-order valence-electron chi connectivity index (χ3n) is 6.44. The Kier molecular flexibility index (Phi) is 3.98. The highest BCUT2D eigenvalue weighted by Crippen LogP contribution is 2.53. The monoisotopic (exact) mass is 430 g/mol. The second-order valence-corrected chi connectivity index (χ2v) is 9.73. The first-order valence-corrected chi connectivity index (χ1v) is 11.3. The van der Waals surface area contributed by atoms with Gasteiger partial charge in [-0.05, 0) is 36.8 Å². The van der Waals surface area contributed by atoms with Crippen molar-refractivity contribution in [3.63, 3.8) is 0 Å². The Morgan fingerprint density at radius 2 is 1.84 bits per heavy atom. The highest BCUT2D eigenvalue weighted by Gasteiger charge is 2.47. The Hall–Kier alpha value is -2.90. The van der Waals surface area contributed by atoms with E-state index in [-0.39, 0.29) is 5.41 Å². The van der Waals surface area contributed by atoms with E-state index in [2.05, 4.69) is 41.2 Å². The Balaban J connectivity index is 1.54. The number of nitrogens with two attached hydrogens (primary N) is 1. The lowest BCUT2D eigenvalue weighted by molar-refractivity contribution is -0.0500. The maximum atomic E-state index is 6.25. The number of benzene rings is 1. The van der Waals surface area contributed by atoms with Crippen LogP contribution in [0.3, 0.4) is 0 Å². The molecular weight excluding hydrogens is 408 g/mol. The molecule has 3 aliphatic rings. The third-order valence-corrected chi connectivity index (χ3v) is 7.39. The second kappa shape index (κ2) is 6.55. The molecule has 156 valence electrons. The molecule has 2 N–H and O–H groups in total. The largest absolute Gasteiger partial charge is 0.438 e. The van der Waals surface area contributed by atoms with Crippen LogP contribution in [-0.4, -0.2) is 34.1 Å². The summed E-state index contributed by atoms with van der Waals surface area (Å²) in [6.07, 6.45) is 3.71. The number of aliphatic imine (C=N–C) groups is 1. The van der Waals surface area contributed by atoms with E-state index in [1.807, 2.05) is 31.5 Å². The smallest absolute Gasteiger partial charge is 0.225 e. The standard InChI is InChI=1S/C24H22N4O2S/c1-14-3-4-15(9-26-14)16-7-19-21(27-10-16)30-20-6-5-17(23(2)11-29-12-23)8-18(20)24(19)13-31-22(25)28-24/h3-10H,11-13H2,1-2H3,(H2,25,28)/t24-/m0/s1. The van der Waals surface area contributed by atoms with Gasteiger partial charge in [0.05, 0.1) is 13.2 Å². The zero-order chi connectivity index (χ0) is 21.2. The molecule has 1 atom stereocenters. The molecular formula is C24H22N4O2S. The minimum atomic E-state index is -0.615. The maximum Gasteiger partial charge on any atom is 0.225 e. The molecule has 7 heteroatoms. The highest BCUT2D eigenvalue weighted by molar-refractivity contribution is 8.14. The molecule has 5 heterocycles. The van der Waals surface area contributed by atoms with Crippen molar-refractivity contribution < 1.29 is 9.47 Å². The predicted octanol–water partition coefficient (Wildman–Crippen LogP) is 4.15. The predicted molar refractivity (Wildman–Crippen MR) is 122 cm³/mol. The zero-order valence-electron chi connectivity index (χ0n) is 17.4. The van der Waals surface area contributed by atoms with Gasteiger partial charge in [-0.2, -0.15) is 0 Å². The molecule has 1 fully saturated rings. The van der Waals surface area contributed by atoms with Gasteiger partial charge in [-0.15, -0.1) is 0 Å². The number of rotatable bonds is 2. The van der Waals surface area contributed by atoms with Gasteiger partial charge in [0.25, 0.3) is 0 Å². The summed E-state index contributed by atoms with van der Waals surface area (Å²) in [6.45, 7) is 5.66. The van der Waals surface area contributed by atoms with Crippen LogP contribution in [0.1, 0.15) is 29.3 Å². The molecule has 6 nitrogen and oxygen atoms in total. The van der Waals surface area contributed by atoms with Crippen molar-refractivity contribution in [3.05, 3.63) is 71.2 Å². The van der Waals surface area contributed by atoms with Crippen LogP contribution in [0.5, 0.6) is 11.6 Å². The van der Waals surface area contributed by atoms with Crippen LogP contribution in [-0.2, 0) is 15.7 Å². The van der Waals surface area contributed by atoms with Crippen LogP contribution < -0.4 is 10.5 Å². The van der Waals surface area contributed by atoms with Crippen LogP contribution >= 0.6 is 11.8 Å².